The van der Waals surface area contributed by atoms with Gasteiger partial charge in [0.05, 0.1) is 11.7 Å². The van der Waals surface area contributed by atoms with E-state index in [-0.39, 0.29) is 18.3 Å². The van der Waals surface area contributed by atoms with Gasteiger partial charge in [-0.25, -0.2) is 8.70 Å². The van der Waals surface area contributed by atoms with Crippen molar-refractivity contribution in [1.82, 2.24) is 9.62 Å². The van der Waals surface area contributed by atoms with Crippen molar-refractivity contribution < 1.29 is 22.3 Å². The number of halogens is 1. The van der Waals surface area contributed by atoms with Crippen LogP contribution < -0.4 is 14.4 Å². The van der Waals surface area contributed by atoms with Gasteiger partial charge in [-0.2, -0.15) is 12.7 Å². The van der Waals surface area contributed by atoms with E-state index in [0.717, 1.165) is 20.2 Å². The summed E-state index contributed by atoms with van der Waals surface area (Å²) in [5, 5.41) is 2.68. The van der Waals surface area contributed by atoms with E-state index in [9.17, 15) is 17.6 Å². The second-order valence-corrected chi connectivity index (χ2v) is 8.91. The lowest BCUT2D eigenvalue weighted by molar-refractivity contribution is -0.120. The molecule has 1 atom stereocenters. The Balaban J connectivity index is 2.05. The molecule has 1 N–H and O–H groups in total. The van der Waals surface area contributed by atoms with Crippen molar-refractivity contribution >= 4 is 21.8 Å². The topological polar surface area (TPSA) is 79.0 Å². The Morgan fingerprint density at radius 2 is 1.76 bits per heavy atom. The average Bonchev–Trinajstić information content (AvgIpc) is 2.66. The van der Waals surface area contributed by atoms with Crippen molar-refractivity contribution in [3.63, 3.8) is 0 Å². The van der Waals surface area contributed by atoms with Crippen LogP contribution in [0.3, 0.4) is 0 Å². The first-order valence-corrected chi connectivity index (χ1v) is 10.4. The first-order chi connectivity index (χ1) is 13.6. The first-order valence-electron chi connectivity index (χ1n) is 9.05. The number of aryl methyl sites for hydroxylation is 1. The number of ether oxygens (including phenoxy) is 1. The molecule has 0 saturated heterocycles. The molecular formula is C20H26FN3O4S. The Morgan fingerprint density at radius 1 is 1.14 bits per heavy atom. The molecule has 0 heterocycles. The van der Waals surface area contributed by atoms with Crippen LogP contribution in [0.1, 0.15) is 12.5 Å². The fraction of sp³-hybridized carbons (Fsp3) is 0.350. The van der Waals surface area contributed by atoms with Crippen LogP contribution >= 0.6 is 0 Å². The summed E-state index contributed by atoms with van der Waals surface area (Å²) in [5.74, 6) is -0.639. The SMILES string of the molecule is Cc1ccc(OC[C@@H](C)NC(=O)CN(c2ccccc2F)S(=O)(=O)N(C)C)cc1. The van der Waals surface area contributed by atoms with Gasteiger partial charge in [0.1, 0.15) is 24.7 Å². The third-order valence-corrected chi connectivity index (χ3v) is 5.88. The lowest BCUT2D eigenvalue weighted by Crippen LogP contribution is -2.48. The minimum absolute atomic E-state index is 0.195. The van der Waals surface area contributed by atoms with Crippen LogP contribution in [-0.2, 0) is 15.0 Å². The van der Waals surface area contributed by atoms with Gasteiger partial charge in [0.2, 0.25) is 5.91 Å². The van der Waals surface area contributed by atoms with Gasteiger partial charge in [0, 0.05) is 14.1 Å². The summed E-state index contributed by atoms with van der Waals surface area (Å²) in [6.45, 7) is 3.35. The zero-order valence-corrected chi connectivity index (χ0v) is 17.7. The van der Waals surface area contributed by atoms with Crippen molar-refractivity contribution in [1.29, 1.82) is 0 Å². The molecule has 1 amide bonds. The number of nitrogens with zero attached hydrogens (tertiary/aromatic N) is 2. The lowest BCUT2D eigenvalue weighted by Gasteiger charge is -2.27. The number of carbonyl (C=O) groups excluding carboxylic acids is 1. The minimum atomic E-state index is -4.07. The maximum atomic E-state index is 14.2. The Labute approximate surface area is 171 Å². The highest BCUT2D eigenvalue weighted by Gasteiger charge is 2.29. The maximum absolute atomic E-state index is 14.2. The zero-order chi connectivity index (χ0) is 21.6. The molecule has 0 aromatic heterocycles. The summed E-state index contributed by atoms with van der Waals surface area (Å²) in [7, 11) is -1.43. The molecule has 7 nitrogen and oxygen atoms in total. The molecule has 0 radical (unpaired) electrons. The van der Waals surface area contributed by atoms with Gasteiger partial charge in [0.25, 0.3) is 0 Å². The summed E-state index contributed by atoms with van der Waals surface area (Å²) in [6.07, 6.45) is 0. The molecule has 0 fully saturated rings. The quantitative estimate of drug-likeness (QED) is 0.672. The van der Waals surface area contributed by atoms with Gasteiger partial charge >= 0.3 is 10.2 Å². The van der Waals surface area contributed by atoms with E-state index in [1.54, 1.807) is 6.92 Å². The van der Waals surface area contributed by atoms with Gasteiger partial charge in [-0.1, -0.05) is 29.8 Å². The Morgan fingerprint density at radius 3 is 2.34 bits per heavy atom. The molecule has 0 unspecified atom stereocenters. The third kappa shape index (κ3) is 6.16. The number of amides is 1. The number of anilines is 1. The van der Waals surface area contributed by atoms with Crippen LogP contribution in [0.2, 0.25) is 0 Å². The van der Waals surface area contributed by atoms with Crippen molar-refractivity contribution in [2.45, 2.75) is 19.9 Å². The average molecular weight is 424 g/mol. The number of carbonyl (C=O) groups is 1. The predicted octanol–water partition coefficient (Wildman–Crippen LogP) is 2.33. The summed E-state index contributed by atoms with van der Waals surface area (Å²) in [4.78, 5) is 12.5. The molecule has 2 aromatic carbocycles. The van der Waals surface area contributed by atoms with E-state index in [0.29, 0.717) is 5.75 Å². The Bertz CT molecular complexity index is 933. The Hall–Kier alpha value is -2.65. The first kappa shape index (κ1) is 22.6. The minimum Gasteiger partial charge on any atom is -0.491 e. The van der Waals surface area contributed by atoms with Crippen LogP contribution in [0.25, 0.3) is 0 Å². The summed E-state index contributed by atoms with van der Waals surface area (Å²) >= 11 is 0. The monoisotopic (exact) mass is 423 g/mol. The molecule has 2 aromatic rings. The number of hydrogen-bond donors (Lipinski definition) is 1. The summed E-state index contributed by atoms with van der Waals surface area (Å²) in [6, 6.07) is 12.5. The van der Waals surface area contributed by atoms with Crippen LogP contribution in [-0.4, -0.2) is 51.9 Å². The molecule has 0 spiro atoms. The zero-order valence-electron chi connectivity index (χ0n) is 16.9. The van der Waals surface area contributed by atoms with E-state index in [4.69, 9.17) is 4.74 Å². The lowest BCUT2D eigenvalue weighted by atomic mass is 10.2. The van der Waals surface area contributed by atoms with Crippen LogP contribution in [0, 0.1) is 12.7 Å². The highest BCUT2D eigenvalue weighted by Crippen LogP contribution is 2.22. The summed E-state index contributed by atoms with van der Waals surface area (Å²) < 4.78 is 46.7. The molecule has 158 valence electrons. The predicted molar refractivity (Wildman–Crippen MR) is 111 cm³/mol. The second-order valence-electron chi connectivity index (χ2n) is 6.84. The van der Waals surface area contributed by atoms with E-state index < -0.39 is 28.5 Å². The van der Waals surface area contributed by atoms with Gasteiger partial charge < -0.3 is 10.1 Å². The van der Waals surface area contributed by atoms with E-state index in [1.807, 2.05) is 31.2 Å². The molecular weight excluding hydrogens is 397 g/mol. The van der Waals surface area contributed by atoms with E-state index >= 15 is 0 Å². The molecule has 0 aliphatic rings. The van der Waals surface area contributed by atoms with Crippen molar-refractivity contribution in [3.05, 3.63) is 59.9 Å². The molecule has 0 aliphatic heterocycles. The van der Waals surface area contributed by atoms with Gasteiger partial charge in [-0.05, 0) is 38.1 Å². The number of hydrogen-bond acceptors (Lipinski definition) is 4. The third-order valence-electron chi connectivity index (χ3n) is 4.08. The highest BCUT2D eigenvalue weighted by atomic mass is 32.2. The molecule has 0 bridgehead atoms. The molecule has 9 heteroatoms. The smallest absolute Gasteiger partial charge is 0.304 e. The number of nitrogens with one attached hydrogen (secondary N) is 1. The van der Waals surface area contributed by atoms with Crippen LogP contribution in [0.15, 0.2) is 48.5 Å². The second kappa shape index (κ2) is 9.71. The standard InChI is InChI=1S/C20H26FN3O4S/c1-15-9-11-17(12-10-15)28-14-16(2)22-20(25)13-24(29(26,27)23(3)4)19-8-6-5-7-18(19)21/h5-12,16H,13-14H2,1-4H3,(H,22,25)/t16-/m1/s1. The largest absolute Gasteiger partial charge is 0.491 e. The van der Waals surface area contributed by atoms with Gasteiger partial charge in [-0.15, -0.1) is 0 Å². The van der Waals surface area contributed by atoms with E-state index in [1.165, 1.54) is 32.3 Å². The van der Waals surface area contributed by atoms with Crippen molar-refractivity contribution in [3.8, 4) is 5.75 Å². The highest BCUT2D eigenvalue weighted by molar-refractivity contribution is 7.90. The molecule has 0 aliphatic carbocycles. The molecule has 2 rings (SSSR count). The Kier molecular flexibility index (Phi) is 7.58. The van der Waals surface area contributed by atoms with Crippen molar-refractivity contribution in [2.75, 3.05) is 31.6 Å². The fourth-order valence-corrected chi connectivity index (χ4v) is 3.56. The molecule has 0 saturated carbocycles. The molecule has 29 heavy (non-hydrogen) atoms. The normalized spacial score (nSPS) is 12.5. The van der Waals surface area contributed by atoms with Crippen molar-refractivity contribution in [2.24, 2.45) is 0 Å². The number of rotatable bonds is 9. The summed E-state index contributed by atoms with van der Waals surface area (Å²) in [5.41, 5.74) is 0.911. The van der Waals surface area contributed by atoms with Gasteiger partial charge in [-0.3, -0.25) is 4.79 Å². The van der Waals surface area contributed by atoms with Gasteiger partial charge in [0.15, 0.2) is 0 Å². The van der Waals surface area contributed by atoms with Crippen LogP contribution in [0.4, 0.5) is 10.1 Å². The maximum Gasteiger partial charge on any atom is 0.304 e. The fourth-order valence-electron chi connectivity index (χ4n) is 2.49. The number of para-hydroxylation sites is 1. The number of benzene rings is 2. The van der Waals surface area contributed by atoms with Crippen LogP contribution in [0.5, 0.6) is 5.75 Å². The van der Waals surface area contributed by atoms with E-state index in [2.05, 4.69) is 5.32 Å².